The third-order valence-electron chi connectivity index (χ3n) is 1.59. The van der Waals surface area contributed by atoms with E-state index in [0.717, 1.165) is 0 Å². The molecule has 0 saturated heterocycles. The number of ketones is 1. The van der Waals surface area contributed by atoms with E-state index in [2.05, 4.69) is 3.82 Å². The fraction of sp³-hybridized carbons (Fsp3) is 0.444. The molecule has 0 aliphatic carbocycles. The molecule has 0 aromatic rings. The summed E-state index contributed by atoms with van der Waals surface area (Å²) in [6, 6.07) is 0. The van der Waals surface area contributed by atoms with E-state index in [1.165, 1.54) is 19.9 Å². The Balaban J connectivity index is 2.82. The van der Waals surface area contributed by atoms with Gasteiger partial charge in [0.2, 0.25) is 0 Å². The standard InChI is InChI=1S/C9H9F3O4Se/c1-5(13)3-7-4-6(2)15-17(7)16-8(14)9(10,11)12/h4H,3H2,1-2H3. The maximum atomic E-state index is 12.0. The van der Waals surface area contributed by atoms with Gasteiger partial charge in [0, 0.05) is 0 Å². The van der Waals surface area contributed by atoms with Crippen LogP contribution in [0.2, 0.25) is 0 Å². The van der Waals surface area contributed by atoms with Crippen molar-refractivity contribution in [3.05, 3.63) is 11.8 Å². The van der Waals surface area contributed by atoms with Crippen LogP contribution in [0.15, 0.2) is 11.8 Å². The van der Waals surface area contributed by atoms with Crippen LogP contribution in [0.25, 0.3) is 0 Å². The average Bonchev–Trinajstić information content (AvgIpc) is 2.43. The summed E-state index contributed by atoms with van der Waals surface area (Å²) in [5, 5.41) is 0. The van der Waals surface area contributed by atoms with Gasteiger partial charge in [-0.05, 0) is 0 Å². The van der Waals surface area contributed by atoms with Gasteiger partial charge in [0.25, 0.3) is 0 Å². The topological polar surface area (TPSA) is 52.6 Å². The normalized spacial score (nSPS) is 19.7. The predicted molar refractivity (Wildman–Crippen MR) is 53.0 cm³/mol. The van der Waals surface area contributed by atoms with Gasteiger partial charge in [0.1, 0.15) is 0 Å². The molecule has 0 saturated carbocycles. The molecule has 1 aliphatic heterocycles. The van der Waals surface area contributed by atoms with E-state index in [-0.39, 0.29) is 12.2 Å². The van der Waals surface area contributed by atoms with Crippen molar-refractivity contribution in [3.63, 3.8) is 0 Å². The molecule has 0 radical (unpaired) electrons. The van der Waals surface area contributed by atoms with Gasteiger partial charge in [-0.15, -0.1) is 0 Å². The Morgan fingerprint density at radius 2 is 2.06 bits per heavy atom. The fourth-order valence-corrected chi connectivity index (χ4v) is 3.85. The monoisotopic (exact) mass is 318 g/mol. The van der Waals surface area contributed by atoms with E-state index >= 15 is 0 Å². The zero-order chi connectivity index (χ0) is 13.2. The second-order valence-electron chi connectivity index (χ2n) is 3.29. The second-order valence-corrected chi connectivity index (χ2v) is 6.07. The van der Waals surface area contributed by atoms with Crippen molar-refractivity contribution in [2.24, 2.45) is 0 Å². The summed E-state index contributed by atoms with van der Waals surface area (Å²) in [6.45, 7) is 2.81. The summed E-state index contributed by atoms with van der Waals surface area (Å²) in [7, 11) is 0. The molecule has 0 spiro atoms. The number of carbonyl (C=O) groups is 2. The zero-order valence-electron chi connectivity index (χ0n) is 8.96. The summed E-state index contributed by atoms with van der Waals surface area (Å²) >= 11 is -2.79. The van der Waals surface area contributed by atoms with Crippen LogP contribution in [0, 0.1) is 0 Å². The molecule has 0 amide bonds. The van der Waals surface area contributed by atoms with Crippen LogP contribution in [-0.4, -0.2) is 36.5 Å². The van der Waals surface area contributed by atoms with Crippen molar-refractivity contribution < 1.29 is 30.4 Å². The van der Waals surface area contributed by atoms with Crippen molar-refractivity contribution in [3.8, 4) is 0 Å². The van der Waals surface area contributed by atoms with Crippen LogP contribution in [0.3, 0.4) is 0 Å². The summed E-state index contributed by atoms with van der Waals surface area (Å²) in [4.78, 5) is 21.5. The van der Waals surface area contributed by atoms with Crippen LogP contribution in [0.4, 0.5) is 13.2 Å². The Morgan fingerprint density at radius 1 is 1.47 bits per heavy atom. The molecule has 1 aliphatic rings. The molecule has 0 aromatic carbocycles. The third-order valence-corrected chi connectivity index (χ3v) is 4.54. The van der Waals surface area contributed by atoms with E-state index < -0.39 is 26.3 Å². The van der Waals surface area contributed by atoms with Crippen LogP contribution < -0.4 is 0 Å². The van der Waals surface area contributed by atoms with E-state index in [0.29, 0.717) is 10.2 Å². The molecule has 0 N–H and O–H groups in total. The van der Waals surface area contributed by atoms with Crippen LogP contribution in [-0.2, 0) is 17.2 Å². The summed E-state index contributed by atoms with van der Waals surface area (Å²) < 4.78 is 45.5. The number of alkyl halides is 3. The Kier molecular flexibility index (Phi) is 4.11. The van der Waals surface area contributed by atoms with Gasteiger partial charge in [-0.1, -0.05) is 0 Å². The molecule has 4 nitrogen and oxygen atoms in total. The molecule has 0 bridgehead atoms. The molecule has 17 heavy (non-hydrogen) atoms. The average molecular weight is 317 g/mol. The molecule has 1 atom stereocenters. The minimum absolute atomic E-state index is 0.0624. The minimum atomic E-state index is -5.05. The summed E-state index contributed by atoms with van der Waals surface area (Å²) in [6.07, 6.45) is -3.67. The van der Waals surface area contributed by atoms with Gasteiger partial charge in [-0.2, -0.15) is 0 Å². The molecule has 1 rings (SSSR count). The summed E-state index contributed by atoms with van der Waals surface area (Å²) in [5.74, 6) is -2.17. The van der Waals surface area contributed by atoms with Crippen molar-refractivity contribution in [2.75, 3.05) is 0 Å². The molecule has 1 heterocycles. The first kappa shape index (κ1) is 13.9. The third kappa shape index (κ3) is 3.98. The van der Waals surface area contributed by atoms with E-state index in [1.807, 2.05) is 0 Å². The predicted octanol–water partition coefficient (Wildman–Crippen LogP) is 1.25. The number of allylic oxidation sites excluding steroid dienone is 2. The molecular weight excluding hydrogens is 308 g/mol. The van der Waals surface area contributed by atoms with Gasteiger partial charge in [-0.25, -0.2) is 0 Å². The van der Waals surface area contributed by atoms with Gasteiger partial charge in [-0.3, -0.25) is 0 Å². The number of halogens is 3. The number of rotatable bonds is 3. The van der Waals surface area contributed by atoms with E-state index in [4.69, 9.17) is 3.82 Å². The first-order chi connectivity index (χ1) is 7.70. The molecule has 0 fully saturated rings. The van der Waals surface area contributed by atoms with Gasteiger partial charge >= 0.3 is 99.0 Å². The molecule has 1 unspecified atom stereocenters. The van der Waals surface area contributed by atoms with Gasteiger partial charge in [0.05, 0.1) is 0 Å². The second kappa shape index (κ2) is 5.01. The van der Waals surface area contributed by atoms with Crippen LogP contribution in [0.1, 0.15) is 20.3 Å². The first-order valence-corrected chi connectivity index (χ1v) is 6.71. The SMILES string of the molecule is CC(=O)CC1=[Se](OC(=O)C(F)(F)F)OC(C)=C1. The maximum absolute atomic E-state index is 12.0. The molecule has 0 aromatic heterocycles. The Morgan fingerprint density at radius 3 is 2.53 bits per heavy atom. The fourth-order valence-electron chi connectivity index (χ4n) is 1.01. The molecular formula is C9H9F3O4Se. The number of carbonyl (C=O) groups excluding carboxylic acids is 2. The Hall–Kier alpha value is -1.14. The number of hydrogen-bond acceptors (Lipinski definition) is 4. The van der Waals surface area contributed by atoms with Crippen LogP contribution in [0.5, 0.6) is 0 Å². The Bertz CT molecular complexity index is 422. The van der Waals surface area contributed by atoms with Gasteiger partial charge in [0.15, 0.2) is 0 Å². The van der Waals surface area contributed by atoms with Gasteiger partial charge < -0.3 is 0 Å². The molecule has 8 heteroatoms. The zero-order valence-corrected chi connectivity index (χ0v) is 10.7. The van der Waals surface area contributed by atoms with Crippen molar-refractivity contribution in [2.45, 2.75) is 26.4 Å². The Labute approximate surface area is 99.5 Å². The van der Waals surface area contributed by atoms with E-state index in [1.54, 1.807) is 0 Å². The summed E-state index contributed by atoms with van der Waals surface area (Å²) in [5.41, 5.74) is 0. The first-order valence-electron chi connectivity index (χ1n) is 4.46. The molecule has 96 valence electrons. The number of Topliss-reactive ketones (excluding diaryl/α,β-unsaturated/α-hetero) is 1. The number of hydrogen-bond donors (Lipinski definition) is 0. The van der Waals surface area contributed by atoms with E-state index in [9.17, 15) is 22.8 Å². The van der Waals surface area contributed by atoms with Crippen LogP contribution >= 0.6 is 0 Å². The van der Waals surface area contributed by atoms with Crippen molar-refractivity contribution in [1.82, 2.24) is 0 Å². The quantitative estimate of drug-likeness (QED) is 0.735. The van der Waals surface area contributed by atoms with Crippen molar-refractivity contribution in [1.29, 1.82) is 0 Å². The van der Waals surface area contributed by atoms with Crippen molar-refractivity contribution >= 4 is 30.3 Å².